The Hall–Kier alpha value is -3.98. The smallest absolute Gasteiger partial charge is 0.276 e. The van der Waals surface area contributed by atoms with Gasteiger partial charge in [-0.1, -0.05) is 55.2 Å². The summed E-state index contributed by atoms with van der Waals surface area (Å²) in [6, 6.07) is 2.34. The number of carbonyl (C=O) groups excluding carboxylic acids is 1. The van der Waals surface area contributed by atoms with Crippen molar-refractivity contribution >= 4 is 63.1 Å². The summed E-state index contributed by atoms with van der Waals surface area (Å²) in [7, 11) is 0. The Kier molecular flexibility index (Phi) is 9.43. The van der Waals surface area contributed by atoms with Crippen LogP contribution in [0.4, 0.5) is 18.9 Å². The van der Waals surface area contributed by atoms with Gasteiger partial charge >= 0.3 is 0 Å². The minimum Gasteiger partial charge on any atom is -0.382 e. The summed E-state index contributed by atoms with van der Waals surface area (Å²) in [5.41, 5.74) is -0.688. The lowest BCUT2D eigenvalue weighted by atomic mass is 9.94. The number of nitrogens with one attached hydrogen (secondary N) is 1. The highest BCUT2D eigenvalue weighted by atomic mass is 35.5. The quantitative estimate of drug-likeness (QED) is 0.170. The highest BCUT2D eigenvalue weighted by molar-refractivity contribution is 6.38. The largest absolute Gasteiger partial charge is 0.382 e. The lowest BCUT2D eigenvalue weighted by molar-refractivity contribution is -0.130. The van der Waals surface area contributed by atoms with E-state index in [4.69, 9.17) is 34.8 Å². The zero-order valence-electron chi connectivity index (χ0n) is 26.1. The second-order valence-corrected chi connectivity index (χ2v) is 13.1. The van der Waals surface area contributed by atoms with Crippen LogP contribution in [0.15, 0.2) is 41.4 Å². The number of dihydropyridines is 1. The van der Waals surface area contributed by atoms with E-state index in [1.54, 1.807) is 24.1 Å². The molecule has 3 atom stereocenters. The molecule has 0 unspecified atom stereocenters. The topological polar surface area (TPSA) is 94.3 Å². The minimum atomic E-state index is -1.68. The molecule has 1 amide bonds. The number of hydrogen-bond acceptors (Lipinski definition) is 6. The van der Waals surface area contributed by atoms with Crippen molar-refractivity contribution in [3.63, 3.8) is 0 Å². The van der Waals surface area contributed by atoms with E-state index >= 15 is 4.39 Å². The molecule has 0 radical (unpaired) electrons. The summed E-state index contributed by atoms with van der Waals surface area (Å²) in [5.74, 6) is -4.98. The van der Waals surface area contributed by atoms with Crippen LogP contribution < -0.4 is 15.8 Å². The first-order valence-corrected chi connectivity index (χ1v) is 15.8. The predicted octanol–water partition coefficient (Wildman–Crippen LogP) is 7.30. The molecule has 4 heterocycles. The summed E-state index contributed by atoms with van der Waals surface area (Å²) in [5, 5.41) is 11.7. The molecule has 1 saturated heterocycles. The number of anilines is 1. The maximum absolute atomic E-state index is 15.5. The van der Waals surface area contributed by atoms with Crippen molar-refractivity contribution < 1.29 is 18.0 Å². The standard InChI is InChI=1S/C33H30Cl3F3N6O2/c1-7-21(46)44-16(5)12-43(13-17(44)6)31-18-10-20(34)29(22-23(35)26(38)27(39)24(36)25(22)37)42-32(18)45(33(47)19(31)11-40)30-15(4)8-9-41-28(30)14(2)3/h7-10,14,16-17,28,41H,1,12-13H2,2-6H3/t16-,17+,28-/m1/s1. The molecule has 1 fully saturated rings. The highest BCUT2D eigenvalue weighted by Crippen LogP contribution is 2.43. The molecule has 246 valence electrons. The van der Waals surface area contributed by atoms with Gasteiger partial charge < -0.3 is 15.1 Å². The zero-order valence-corrected chi connectivity index (χ0v) is 28.3. The lowest BCUT2D eigenvalue weighted by Gasteiger charge is -2.45. The second kappa shape index (κ2) is 12.9. The lowest BCUT2D eigenvalue weighted by Crippen LogP contribution is -2.58. The SMILES string of the molecule is C=CC(=O)N1[C@H](C)CN(c2c(C#N)c(=O)n(C3=C(C)C=CN[C@@H]3C(C)C)c3nc(-c4c(F)c(Cl)c(F)c(F)c4Cl)c(Cl)cc23)C[C@@H]1C. The van der Waals surface area contributed by atoms with Gasteiger partial charge in [0.1, 0.15) is 22.3 Å². The summed E-state index contributed by atoms with van der Waals surface area (Å²) in [6.07, 6.45) is 4.74. The molecule has 3 aromatic rings. The fraction of sp³-hybridized carbons (Fsp3) is 0.333. The minimum absolute atomic E-state index is 0.0401. The third-order valence-electron chi connectivity index (χ3n) is 8.51. The van der Waals surface area contributed by atoms with Crippen LogP contribution in [-0.2, 0) is 4.79 Å². The summed E-state index contributed by atoms with van der Waals surface area (Å²) < 4.78 is 45.9. The van der Waals surface area contributed by atoms with Gasteiger partial charge in [0.05, 0.1) is 38.7 Å². The van der Waals surface area contributed by atoms with Gasteiger partial charge in [-0.2, -0.15) is 5.26 Å². The van der Waals surface area contributed by atoms with E-state index in [1.807, 2.05) is 32.6 Å². The molecule has 2 aliphatic rings. The van der Waals surface area contributed by atoms with Crippen LogP contribution in [0, 0.1) is 34.7 Å². The van der Waals surface area contributed by atoms with Crippen molar-refractivity contribution in [1.29, 1.82) is 5.26 Å². The molecule has 0 aliphatic carbocycles. The third-order valence-corrected chi connectivity index (χ3v) is 9.49. The van der Waals surface area contributed by atoms with Crippen LogP contribution >= 0.6 is 34.8 Å². The van der Waals surface area contributed by atoms with Gasteiger partial charge in [0.15, 0.2) is 17.5 Å². The van der Waals surface area contributed by atoms with Crippen molar-refractivity contribution in [3.8, 4) is 17.3 Å². The molecular weight excluding hydrogens is 676 g/mol. The Morgan fingerprint density at radius 3 is 2.32 bits per heavy atom. The summed E-state index contributed by atoms with van der Waals surface area (Å²) in [6.45, 7) is 13.4. The van der Waals surface area contributed by atoms with Crippen molar-refractivity contribution in [3.05, 3.63) is 85.0 Å². The normalized spacial score (nSPS) is 19.8. The number of amides is 1. The first-order chi connectivity index (χ1) is 22.2. The monoisotopic (exact) mass is 704 g/mol. The zero-order chi connectivity index (χ0) is 34.6. The van der Waals surface area contributed by atoms with Crippen LogP contribution in [-0.4, -0.2) is 51.6 Å². The number of rotatable bonds is 5. The summed E-state index contributed by atoms with van der Waals surface area (Å²) >= 11 is 18.6. The molecule has 0 spiro atoms. The number of pyridine rings is 2. The van der Waals surface area contributed by atoms with Crippen molar-refractivity contribution in [2.45, 2.75) is 52.7 Å². The number of benzene rings is 1. The first kappa shape index (κ1) is 34.4. The van der Waals surface area contributed by atoms with E-state index in [1.165, 1.54) is 16.7 Å². The van der Waals surface area contributed by atoms with Gasteiger partial charge in [-0.15, -0.1) is 0 Å². The van der Waals surface area contributed by atoms with Crippen molar-refractivity contribution in [2.24, 2.45) is 5.92 Å². The Bertz CT molecular complexity index is 1980. The number of nitriles is 1. The summed E-state index contributed by atoms with van der Waals surface area (Å²) in [4.78, 5) is 35.3. The Balaban J connectivity index is 1.92. The van der Waals surface area contributed by atoms with Gasteiger partial charge in [-0.25, -0.2) is 18.2 Å². The molecule has 2 aliphatic heterocycles. The number of aromatic nitrogens is 2. The highest BCUT2D eigenvalue weighted by Gasteiger charge is 2.36. The molecule has 8 nitrogen and oxygen atoms in total. The Labute approximate surface area is 284 Å². The van der Waals surface area contributed by atoms with Gasteiger partial charge in [-0.05, 0) is 56.7 Å². The molecule has 14 heteroatoms. The molecule has 2 aromatic heterocycles. The maximum atomic E-state index is 15.5. The van der Waals surface area contributed by atoms with Gasteiger partial charge in [0, 0.05) is 30.6 Å². The van der Waals surface area contributed by atoms with Gasteiger partial charge in [-0.3, -0.25) is 14.2 Å². The van der Waals surface area contributed by atoms with E-state index in [9.17, 15) is 23.6 Å². The number of hydrogen-bond donors (Lipinski definition) is 1. The third kappa shape index (κ3) is 5.56. The van der Waals surface area contributed by atoms with E-state index in [0.717, 1.165) is 0 Å². The Morgan fingerprint density at radius 1 is 1.13 bits per heavy atom. The predicted molar refractivity (Wildman–Crippen MR) is 179 cm³/mol. The van der Waals surface area contributed by atoms with Crippen LogP contribution in [0.5, 0.6) is 0 Å². The van der Waals surface area contributed by atoms with E-state index in [-0.39, 0.29) is 64.3 Å². The molecule has 5 rings (SSSR count). The molecule has 1 aromatic carbocycles. The van der Waals surface area contributed by atoms with Crippen LogP contribution in [0.3, 0.4) is 0 Å². The number of allylic oxidation sites excluding steroid dienone is 2. The van der Waals surface area contributed by atoms with Crippen LogP contribution in [0.1, 0.15) is 40.2 Å². The van der Waals surface area contributed by atoms with Crippen molar-refractivity contribution in [2.75, 3.05) is 18.0 Å². The average molecular weight is 706 g/mol. The number of carbonyl (C=O) groups is 1. The number of nitrogens with zero attached hydrogens (tertiary/aromatic N) is 5. The van der Waals surface area contributed by atoms with Crippen LogP contribution in [0.2, 0.25) is 15.1 Å². The maximum Gasteiger partial charge on any atom is 0.276 e. The second-order valence-electron chi connectivity index (χ2n) is 12.0. The molecule has 1 N–H and O–H groups in total. The average Bonchev–Trinajstić information content (AvgIpc) is 3.02. The van der Waals surface area contributed by atoms with Crippen molar-refractivity contribution in [1.82, 2.24) is 19.8 Å². The number of piperazine rings is 1. The van der Waals surface area contributed by atoms with E-state index in [2.05, 4.69) is 22.9 Å². The van der Waals surface area contributed by atoms with E-state index < -0.39 is 50.4 Å². The van der Waals surface area contributed by atoms with E-state index in [0.29, 0.717) is 11.3 Å². The first-order valence-electron chi connectivity index (χ1n) is 14.7. The van der Waals surface area contributed by atoms with Crippen LogP contribution in [0.25, 0.3) is 28.0 Å². The molecule has 0 bridgehead atoms. The van der Waals surface area contributed by atoms with Gasteiger partial charge in [0.25, 0.3) is 5.56 Å². The Morgan fingerprint density at radius 2 is 1.74 bits per heavy atom. The number of halogens is 6. The fourth-order valence-corrected chi connectivity index (χ4v) is 7.14. The fourth-order valence-electron chi connectivity index (χ4n) is 6.46. The molecular formula is C33H30Cl3F3N6O2. The molecule has 0 saturated carbocycles. The van der Waals surface area contributed by atoms with Gasteiger partial charge in [0.2, 0.25) is 5.91 Å². The number of fused-ring (bicyclic) bond motifs is 1. The molecule has 47 heavy (non-hydrogen) atoms.